The van der Waals surface area contributed by atoms with E-state index in [1.54, 1.807) is 36.4 Å². The van der Waals surface area contributed by atoms with Gasteiger partial charge in [-0.3, -0.25) is 4.79 Å². The van der Waals surface area contributed by atoms with Gasteiger partial charge in [0.1, 0.15) is 12.4 Å². The van der Waals surface area contributed by atoms with Crippen molar-refractivity contribution in [3.63, 3.8) is 0 Å². The molecular weight excluding hydrogens is 475 g/mol. The number of nitrogens with two attached hydrogens (primary N) is 1. The van der Waals surface area contributed by atoms with Gasteiger partial charge in [0.15, 0.2) is 23.9 Å². The van der Waals surface area contributed by atoms with Crippen LogP contribution < -0.4 is 19.9 Å². The van der Waals surface area contributed by atoms with Crippen LogP contribution in [-0.4, -0.2) is 61.0 Å². The Labute approximate surface area is 198 Å². The first-order valence-corrected chi connectivity index (χ1v) is 10.3. The molecule has 2 aromatic carbocycles. The summed E-state index contributed by atoms with van der Waals surface area (Å²) in [6.45, 7) is 0.374. The Kier molecular flexibility index (Phi) is 9.46. The highest BCUT2D eigenvalue weighted by atomic mass is 19.4. The number of hydrogen-bond donors (Lipinski definition) is 3. The van der Waals surface area contributed by atoms with E-state index < -0.39 is 24.7 Å². The molecule has 0 radical (unpaired) electrons. The molecule has 0 unspecified atom stereocenters. The van der Waals surface area contributed by atoms with E-state index in [4.69, 9.17) is 35.0 Å². The minimum atomic E-state index is -5.08. The second-order valence-electron chi connectivity index (χ2n) is 7.37. The number of carbonyl (C=O) groups excluding carboxylic acids is 1. The van der Waals surface area contributed by atoms with Gasteiger partial charge in [-0.2, -0.15) is 13.2 Å². The molecule has 4 N–H and O–H groups in total. The lowest BCUT2D eigenvalue weighted by Crippen LogP contribution is -2.21. The molecule has 0 aromatic heterocycles. The van der Waals surface area contributed by atoms with Crippen molar-refractivity contribution in [2.75, 3.05) is 26.9 Å². The lowest BCUT2D eigenvalue weighted by atomic mass is 10.0. The second-order valence-corrected chi connectivity index (χ2v) is 7.37. The largest absolute Gasteiger partial charge is 0.493 e. The van der Waals surface area contributed by atoms with Crippen molar-refractivity contribution in [2.45, 2.75) is 18.5 Å². The highest BCUT2D eigenvalue weighted by Crippen LogP contribution is 2.50. The molecule has 0 spiro atoms. The average molecular weight is 499 g/mol. The van der Waals surface area contributed by atoms with E-state index in [2.05, 4.69) is 0 Å². The number of aliphatic carboxylic acids is 2. The lowest BCUT2D eigenvalue weighted by Gasteiger charge is -2.11. The minimum absolute atomic E-state index is 0.0772. The number of hydrogen-bond acceptors (Lipinski definition) is 7. The van der Waals surface area contributed by atoms with Crippen molar-refractivity contribution < 1.29 is 52.0 Å². The van der Waals surface area contributed by atoms with Crippen molar-refractivity contribution in [3.8, 4) is 17.2 Å². The number of carboxylic acids is 2. The maximum absolute atomic E-state index is 12.8. The number of ketones is 1. The van der Waals surface area contributed by atoms with Crippen LogP contribution in [0.3, 0.4) is 0 Å². The van der Waals surface area contributed by atoms with Crippen molar-refractivity contribution in [1.82, 2.24) is 0 Å². The highest BCUT2D eigenvalue weighted by Gasteiger charge is 2.44. The molecule has 1 fully saturated rings. The quantitative estimate of drug-likeness (QED) is 0.420. The molecule has 0 amide bonds. The molecular formula is C23H24F3NO8. The van der Waals surface area contributed by atoms with Crippen LogP contribution >= 0.6 is 0 Å². The summed E-state index contributed by atoms with van der Waals surface area (Å²) >= 11 is 0. The molecule has 1 saturated carbocycles. The summed E-state index contributed by atoms with van der Waals surface area (Å²) in [4.78, 5) is 32.4. The van der Waals surface area contributed by atoms with Crippen LogP contribution in [0.2, 0.25) is 0 Å². The number of carbonyl (C=O) groups is 3. The van der Waals surface area contributed by atoms with Crippen LogP contribution in [0.1, 0.15) is 28.3 Å². The van der Waals surface area contributed by atoms with E-state index >= 15 is 0 Å². The predicted molar refractivity (Wildman–Crippen MR) is 116 cm³/mol. The highest BCUT2D eigenvalue weighted by molar-refractivity contribution is 6.00. The van der Waals surface area contributed by atoms with Crippen LogP contribution in [-0.2, 0) is 9.59 Å². The van der Waals surface area contributed by atoms with E-state index in [9.17, 15) is 22.8 Å². The molecule has 0 saturated heterocycles. The van der Waals surface area contributed by atoms with Crippen molar-refractivity contribution >= 4 is 17.7 Å². The predicted octanol–water partition coefficient (Wildman–Crippen LogP) is 3.12. The van der Waals surface area contributed by atoms with Crippen molar-refractivity contribution in [2.24, 2.45) is 11.7 Å². The molecule has 9 nitrogen and oxygen atoms in total. The van der Waals surface area contributed by atoms with E-state index in [-0.39, 0.29) is 17.6 Å². The van der Waals surface area contributed by atoms with E-state index in [0.29, 0.717) is 36.0 Å². The first kappa shape index (κ1) is 27.4. The SMILES string of the molecule is COc1cc([C@@H]2C[C@H]2C(=O)c2cccc(OCCN)c2)ccc1OCC(=O)O.O=C(O)C(F)(F)F. The van der Waals surface area contributed by atoms with Crippen molar-refractivity contribution in [3.05, 3.63) is 53.6 Å². The fourth-order valence-electron chi connectivity index (χ4n) is 3.16. The van der Waals surface area contributed by atoms with Gasteiger partial charge in [0.25, 0.3) is 0 Å². The Morgan fingerprint density at radius 1 is 1.06 bits per heavy atom. The zero-order valence-corrected chi connectivity index (χ0v) is 18.6. The monoisotopic (exact) mass is 499 g/mol. The van der Waals surface area contributed by atoms with Crippen molar-refractivity contribution in [1.29, 1.82) is 0 Å². The second kappa shape index (κ2) is 12.1. The summed E-state index contributed by atoms with van der Waals surface area (Å²) in [6, 6.07) is 12.5. The first-order chi connectivity index (χ1) is 16.5. The zero-order chi connectivity index (χ0) is 26.2. The zero-order valence-electron chi connectivity index (χ0n) is 18.6. The molecule has 0 heterocycles. The Bertz CT molecular complexity index is 1060. The summed E-state index contributed by atoms with van der Waals surface area (Å²) in [7, 11) is 1.50. The molecule has 1 aliphatic rings. The van der Waals surface area contributed by atoms with Crippen LogP contribution in [0, 0.1) is 5.92 Å². The normalized spacial score (nSPS) is 16.4. The molecule has 2 atom stereocenters. The van der Waals surface area contributed by atoms with Gasteiger partial charge < -0.3 is 30.2 Å². The van der Waals surface area contributed by atoms with Gasteiger partial charge in [-0.15, -0.1) is 0 Å². The summed E-state index contributed by atoms with van der Waals surface area (Å²) in [5, 5.41) is 15.9. The van der Waals surface area contributed by atoms with Gasteiger partial charge in [0, 0.05) is 18.0 Å². The molecule has 190 valence electrons. The maximum atomic E-state index is 12.8. The minimum Gasteiger partial charge on any atom is -0.493 e. The Morgan fingerprint density at radius 2 is 1.74 bits per heavy atom. The number of rotatable bonds is 10. The molecule has 3 rings (SSSR count). The fourth-order valence-corrected chi connectivity index (χ4v) is 3.16. The Morgan fingerprint density at radius 3 is 2.31 bits per heavy atom. The summed E-state index contributed by atoms with van der Waals surface area (Å²) < 4.78 is 47.7. The fraction of sp³-hybridized carbons (Fsp3) is 0.348. The van der Waals surface area contributed by atoms with Gasteiger partial charge >= 0.3 is 18.1 Å². The van der Waals surface area contributed by atoms with Crippen LogP contribution in [0.15, 0.2) is 42.5 Å². The summed E-state index contributed by atoms with van der Waals surface area (Å²) in [6.07, 6.45) is -4.33. The topological polar surface area (TPSA) is 145 Å². The molecule has 35 heavy (non-hydrogen) atoms. The number of ether oxygens (including phenoxy) is 3. The van der Waals surface area contributed by atoms with Gasteiger partial charge in [-0.05, 0) is 42.2 Å². The van der Waals surface area contributed by atoms with Gasteiger partial charge in [0.2, 0.25) is 0 Å². The summed E-state index contributed by atoms with van der Waals surface area (Å²) in [5.41, 5.74) is 7.03. The first-order valence-electron chi connectivity index (χ1n) is 10.3. The summed E-state index contributed by atoms with van der Waals surface area (Å²) in [5.74, 6) is -2.28. The number of alkyl halides is 3. The maximum Gasteiger partial charge on any atom is 0.490 e. The number of methoxy groups -OCH3 is 1. The number of Topliss-reactive ketones (excluding diaryl/α,β-unsaturated/α-hetero) is 1. The van der Waals surface area contributed by atoms with Crippen LogP contribution in [0.25, 0.3) is 0 Å². The van der Waals surface area contributed by atoms with E-state index in [0.717, 1.165) is 12.0 Å². The third-order valence-electron chi connectivity index (χ3n) is 4.84. The third-order valence-corrected chi connectivity index (χ3v) is 4.84. The van der Waals surface area contributed by atoms with Crippen LogP contribution in [0.5, 0.6) is 17.2 Å². The molecule has 12 heteroatoms. The molecule has 0 aliphatic heterocycles. The standard InChI is InChI=1S/C21H23NO6.C2HF3O2/c1-26-19-10-13(5-6-18(19)28-12-20(23)24)16-11-17(16)21(25)14-3-2-4-15(9-14)27-8-7-22;3-2(4,5)1(6)7/h2-6,9-10,16-17H,7-8,11-12,22H2,1H3,(H,23,24);(H,6,7)/t16-,17+;/m0./s1. The smallest absolute Gasteiger partial charge is 0.490 e. The molecule has 0 bridgehead atoms. The van der Waals surface area contributed by atoms with Gasteiger partial charge in [-0.25, -0.2) is 9.59 Å². The molecule has 2 aromatic rings. The van der Waals surface area contributed by atoms with E-state index in [1.165, 1.54) is 7.11 Å². The third kappa shape index (κ3) is 8.18. The van der Waals surface area contributed by atoms with Gasteiger partial charge in [-0.1, -0.05) is 18.2 Å². The molecule has 1 aliphatic carbocycles. The lowest BCUT2D eigenvalue weighted by molar-refractivity contribution is -0.192. The number of halogens is 3. The Hall–Kier alpha value is -3.80. The Balaban J connectivity index is 0.000000540. The van der Waals surface area contributed by atoms with Crippen LogP contribution in [0.4, 0.5) is 13.2 Å². The van der Waals surface area contributed by atoms with E-state index in [1.807, 2.05) is 6.07 Å². The number of benzene rings is 2. The number of carboxylic acid groups (broad SMARTS) is 2. The van der Waals surface area contributed by atoms with Gasteiger partial charge in [0.05, 0.1) is 7.11 Å². The average Bonchev–Trinajstić information content (AvgIpc) is 3.61.